The monoisotopic (exact) mass is 210 g/mol. The maximum absolute atomic E-state index is 5.86. The first-order valence-electron chi connectivity index (χ1n) is 5.67. The SMILES string of the molecule is CCN(CC)CCn1cncc1[C@H](C)N. The van der Waals surface area contributed by atoms with Gasteiger partial charge in [0.15, 0.2) is 0 Å². The van der Waals surface area contributed by atoms with E-state index in [0.29, 0.717) is 0 Å². The lowest BCUT2D eigenvalue weighted by atomic mass is 10.3. The van der Waals surface area contributed by atoms with E-state index in [1.807, 2.05) is 19.4 Å². The average molecular weight is 210 g/mol. The Bertz CT molecular complexity index is 276. The molecule has 2 N–H and O–H groups in total. The van der Waals surface area contributed by atoms with E-state index in [1.165, 1.54) is 0 Å². The number of aromatic nitrogens is 2. The third-order valence-corrected chi connectivity index (χ3v) is 2.76. The minimum absolute atomic E-state index is 0.0594. The molecule has 86 valence electrons. The number of hydrogen-bond donors (Lipinski definition) is 1. The maximum atomic E-state index is 5.86. The molecule has 0 aromatic carbocycles. The van der Waals surface area contributed by atoms with Crippen molar-refractivity contribution in [2.45, 2.75) is 33.4 Å². The summed E-state index contributed by atoms with van der Waals surface area (Å²) in [6.07, 6.45) is 3.72. The lowest BCUT2D eigenvalue weighted by molar-refractivity contribution is 0.288. The van der Waals surface area contributed by atoms with Gasteiger partial charge in [0, 0.05) is 25.3 Å². The minimum Gasteiger partial charge on any atom is -0.332 e. The highest BCUT2D eigenvalue weighted by Gasteiger charge is 2.07. The molecule has 4 heteroatoms. The first-order valence-corrected chi connectivity index (χ1v) is 5.67. The standard InChI is InChI=1S/C11H22N4/c1-4-14(5-2)6-7-15-9-13-8-11(15)10(3)12/h8-10H,4-7,12H2,1-3H3/t10-/m0/s1. The average Bonchev–Trinajstić information content (AvgIpc) is 2.67. The summed E-state index contributed by atoms with van der Waals surface area (Å²) in [6.45, 7) is 10.6. The van der Waals surface area contributed by atoms with Crippen LogP contribution in [0.5, 0.6) is 0 Å². The second kappa shape index (κ2) is 5.88. The Labute approximate surface area is 92.1 Å². The van der Waals surface area contributed by atoms with Crippen molar-refractivity contribution in [2.24, 2.45) is 5.73 Å². The van der Waals surface area contributed by atoms with Crippen LogP contribution < -0.4 is 5.73 Å². The van der Waals surface area contributed by atoms with Crippen molar-refractivity contribution in [2.75, 3.05) is 19.6 Å². The fraction of sp³-hybridized carbons (Fsp3) is 0.727. The van der Waals surface area contributed by atoms with E-state index in [1.54, 1.807) is 0 Å². The van der Waals surface area contributed by atoms with Crippen LogP contribution in [0, 0.1) is 0 Å². The van der Waals surface area contributed by atoms with Crippen molar-refractivity contribution in [1.82, 2.24) is 14.5 Å². The summed E-state index contributed by atoms with van der Waals surface area (Å²) in [5.74, 6) is 0. The Balaban J connectivity index is 2.53. The molecule has 0 aliphatic heterocycles. The van der Waals surface area contributed by atoms with Gasteiger partial charge in [-0.1, -0.05) is 13.8 Å². The zero-order valence-corrected chi connectivity index (χ0v) is 9.98. The van der Waals surface area contributed by atoms with Crippen molar-refractivity contribution < 1.29 is 0 Å². The predicted octanol–water partition coefficient (Wildman–Crippen LogP) is 1.24. The molecule has 0 radical (unpaired) electrons. The second-order valence-corrected chi connectivity index (χ2v) is 3.83. The zero-order chi connectivity index (χ0) is 11.3. The lowest BCUT2D eigenvalue weighted by Crippen LogP contribution is -2.27. The van der Waals surface area contributed by atoms with Crippen LogP contribution >= 0.6 is 0 Å². The van der Waals surface area contributed by atoms with Crippen molar-refractivity contribution in [1.29, 1.82) is 0 Å². The third-order valence-electron chi connectivity index (χ3n) is 2.76. The Kier molecular flexibility index (Phi) is 4.78. The summed E-state index contributed by atoms with van der Waals surface area (Å²) < 4.78 is 2.14. The molecule has 0 saturated heterocycles. The molecule has 0 aliphatic carbocycles. The summed E-state index contributed by atoms with van der Waals surface area (Å²) in [7, 11) is 0. The zero-order valence-electron chi connectivity index (χ0n) is 9.98. The predicted molar refractivity (Wildman–Crippen MR) is 62.6 cm³/mol. The molecule has 4 nitrogen and oxygen atoms in total. The number of nitrogens with zero attached hydrogens (tertiary/aromatic N) is 3. The van der Waals surface area contributed by atoms with Gasteiger partial charge in [-0.25, -0.2) is 4.98 Å². The molecule has 0 bridgehead atoms. The van der Waals surface area contributed by atoms with Gasteiger partial charge in [0.1, 0.15) is 0 Å². The number of hydrogen-bond acceptors (Lipinski definition) is 3. The largest absolute Gasteiger partial charge is 0.332 e. The smallest absolute Gasteiger partial charge is 0.0949 e. The lowest BCUT2D eigenvalue weighted by Gasteiger charge is -2.19. The molecular weight excluding hydrogens is 188 g/mol. The molecule has 0 spiro atoms. The Morgan fingerprint density at radius 3 is 2.67 bits per heavy atom. The van der Waals surface area contributed by atoms with Gasteiger partial charge in [0.05, 0.1) is 12.0 Å². The van der Waals surface area contributed by atoms with Crippen molar-refractivity contribution in [3.05, 3.63) is 18.2 Å². The van der Waals surface area contributed by atoms with E-state index in [2.05, 4.69) is 28.3 Å². The van der Waals surface area contributed by atoms with Crippen LogP contribution in [0.25, 0.3) is 0 Å². The Morgan fingerprint density at radius 1 is 1.47 bits per heavy atom. The molecule has 0 unspecified atom stereocenters. The van der Waals surface area contributed by atoms with Crippen LogP contribution in [-0.2, 0) is 6.54 Å². The fourth-order valence-corrected chi connectivity index (χ4v) is 1.69. The second-order valence-electron chi connectivity index (χ2n) is 3.83. The van der Waals surface area contributed by atoms with Gasteiger partial charge in [0.25, 0.3) is 0 Å². The van der Waals surface area contributed by atoms with Crippen molar-refractivity contribution in [3.8, 4) is 0 Å². The van der Waals surface area contributed by atoms with Gasteiger partial charge in [-0.3, -0.25) is 0 Å². The molecule has 15 heavy (non-hydrogen) atoms. The summed E-state index contributed by atoms with van der Waals surface area (Å²) in [4.78, 5) is 6.53. The summed E-state index contributed by atoms with van der Waals surface area (Å²) >= 11 is 0. The first kappa shape index (κ1) is 12.2. The van der Waals surface area contributed by atoms with Crippen LogP contribution in [0.1, 0.15) is 32.5 Å². The number of likely N-dealkylation sites (N-methyl/N-ethyl adjacent to an activating group) is 1. The highest BCUT2D eigenvalue weighted by molar-refractivity contribution is 5.03. The van der Waals surface area contributed by atoms with Crippen molar-refractivity contribution in [3.63, 3.8) is 0 Å². The van der Waals surface area contributed by atoms with Gasteiger partial charge in [0.2, 0.25) is 0 Å². The van der Waals surface area contributed by atoms with Gasteiger partial charge >= 0.3 is 0 Å². The van der Waals surface area contributed by atoms with E-state index in [4.69, 9.17) is 5.73 Å². The Morgan fingerprint density at radius 2 is 2.13 bits per heavy atom. The van der Waals surface area contributed by atoms with Gasteiger partial charge < -0.3 is 15.2 Å². The topological polar surface area (TPSA) is 47.1 Å². The molecule has 0 amide bonds. The number of rotatable bonds is 6. The number of nitrogens with two attached hydrogens (primary N) is 1. The molecular formula is C11H22N4. The normalized spacial score (nSPS) is 13.4. The quantitative estimate of drug-likeness (QED) is 0.768. The summed E-state index contributed by atoms with van der Waals surface area (Å²) in [6, 6.07) is 0.0594. The Hall–Kier alpha value is -0.870. The van der Waals surface area contributed by atoms with Gasteiger partial charge in [-0.15, -0.1) is 0 Å². The molecule has 1 aromatic rings. The fourth-order valence-electron chi connectivity index (χ4n) is 1.69. The van der Waals surface area contributed by atoms with Crippen LogP contribution in [0.2, 0.25) is 0 Å². The van der Waals surface area contributed by atoms with E-state index >= 15 is 0 Å². The van der Waals surface area contributed by atoms with Crippen LogP contribution in [0.3, 0.4) is 0 Å². The molecule has 0 fully saturated rings. The van der Waals surface area contributed by atoms with Gasteiger partial charge in [-0.2, -0.15) is 0 Å². The van der Waals surface area contributed by atoms with Gasteiger partial charge in [-0.05, 0) is 20.0 Å². The summed E-state index contributed by atoms with van der Waals surface area (Å²) in [5.41, 5.74) is 6.97. The van der Waals surface area contributed by atoms with E-state index in [9.17, 15) is 0 Å². The molecule has 0 aliphatic rings. The van der Waals surface area contributed by atoms with Crippen LogP contribution in [0.4, 0.5) is 0 Å². The molecule has 1 aromatic heterocycles. The van der Waals surface area contributed by atoms with E-state index in [-0.39, 0.29) is 6.04 Å². The summed E-state index contributed by atoms with van der Waals surface area (Å²) in [5, 5.41) is 0. The number of imidazole rings is 1. The maximum Gasteiger partial charge on any atom is 0.0949 e. The van der Waals surface area contributed by atoms with Crippen LogP contribution in [-0.4, -0.2) is 34.1 Å². The first-order chi connectivity index (χ1) is 7.19. The van der Waals surface area contributed by atoms with E-state index < -0.39 is 0 Å². The minimum atomic E-state index is 0.0594. The molecule has 0 saturated carbocycles. The van der Waals surface area contributed by atoms with Crippen LogP contribution in [0.15, 0.2) is 12.5 Å². The van der Waals surface area contributed by atoms with Crippen molar-refractivity contribution >= 4 is 0 Å². The third kappa shape index (κ3) is 3.32. The highest BCUT2D eigenvalue weighted by atomic mass is 15.2. The molecule has 1 rings (SSSR count). The highest BCUT2D eigenvalue weighted by Crippen LogP contribution is 2.08. The molecule has 1 heterocycles. The molecule has 1 atom stereocenters. The van der Waals surface area contributed by atoms with E-state index in [0.717, 1.165) is 31.9 Å².